The van der Waals surface area contributed by atoms with Crippen LogP contribution in [0.25, 0.3) is 0 Å². The highest BCUT2D eigenvalue weighted by Gasteiger charge is 2.59. The Labute approximate surface area is 100 Å². The SMILES string of the molecule is C1CCC2(C1)CCC2C1CCC12CCCC2. The molecule has 0 heteroatoms. The summed E-state index contributed by atoms with van der Waals surface area (Å²) in [5, 5.41) is 0. The Kier molecular flexibility index (Phi) is 2.04. The molecule has 0 aromatic carbocycles. The fraction of sp³-hybridized carbons (Fsp3) is 1.00. The first-order valence-electron chi connectivity index (χ1n) is 7.85. The van der Waals surface area contributed by atoms with Gasteiger partial charge in [-0.25, -0.2) is 0 Å². The van der Waals surface area contributed by atoms with Crippen molar-refractivity contribution in [3.8, 4) is 0 Å². The monoisotopic (exact) mass is 218 g/mol. The molecule has 0 bridgehead atoms. The summed E-state index contributed by atoms with van der Waals surface area (Å²) in [7, 11) is 0. The van der Waals surface area contributed by atoms with Gasteiger partial charge in [0.15, 0.2) is 0 Å². The molecule has 0 N–H and O–H groups in total. The third-order valence-corrected chi connectivity index (χ3v) is 7.16. The average molecular weight is 218 g/mol. The van der Waals surface area contributed by atoms with Gasteiger partial charge in [0.25, 0.3) is 0 Å². The molecule has 2 spiro atoms. The summed E-state index contributed by atoms with van der Waals surface area (Å²) in [4.78, 5) is 0. The van der Waals surface area contributed by atoms with E-state index in [4.69, 9.17) is 0 Å². The highest BCUT2D eigenvalue weighted by molar-refractivity contribution is 5.09. The van der Waals surface area contributed by atoms with Gasteiger partial charge in [-0.2, -0.15) is 0 Å². The summed E-state index contributed by atoms with van der Waals surface area (Å²) in [6.07, 6.45) is 19.0. The van der Waals surface area contributed by atoms with Crippen LogP contribution in [0.3, 0.4) is 0 Å². The lowest BCUT2D eigenvalue weighted by Crippen LogP contribution is -2.52. The first-order valence-corrected chi connectivity index (χ1v) is 7.85. The molecular weight excluding hydrogens is 192 g/mol. The third kappa shape index (κ3) is 1.12. The zero-order valence-corrected chi connectivity index (χ0v) is 10.6. The predicted octanol–water partition coefficient (Wildman–Crippen LogP) is 4.93. The van der Waals surface area contributed by atoms with Gasteiger partial charge in [-0.15, -0.1) is 0 Å². The molecular formula is C16H26. The standard InChI is InChI=1S/C16H26/c1-2-8-15(7-1)11-5-13(15)14-6-12-16(14)9-3-4-10-16/h13-14H,1-12H2. The average Bonchev–Trinajstić information content (AvgIpc) is 2.91. The van der Waals surface area contributed by atoms with Crippen molar-refractivity contribution in [2.24, 2.45) is 22.7 Å². The summed E-state index contributed by atoms with van der Waals surface area (Å²) in [5.74, 6) is 2.36. The number of hydrogen-bond donors (Lipinski definition) is 0. The molecule has 0 saturated heterocycles. The zero-order chi connectivity index (χ0) is 10.6. The van der Waals surface area contributed by atoms with E-state index in [9.17, 15) is 0 Å². The van der Waals surface area contributed by atoms with E-state index in [0.717, 1.165) is 10.8 Å². The van der Waals surface area contributed by atoms with Gasteiger partial charge in [0, 0.05) is 0 Å². The summed E-state index contributed by atoms with van der Waals surface area (Å²) < 4.78 is 0. The van der Waals surface area contributed by atoms with Crippen LogP contribution in [0.4, 0.5) is 0 Å². The highest BCUT2D eigenvalue weighted by atomic mass is 14.6. The van der Waals surface area contributed by atoms with E-state index in [0.29, 0.717) is 0 Å². The number of rotatable bonds is 1. The lowest BCUT2D eigenvalue weighted by Gasteiger charge is -2.61. The molecule has 0 heterocycles. The van der Waals surface area contributed by atoms with Crippen molar-refractivity contribution in [1.82, 2.24) is 0 Å². The minimum Gasteiger partial charge on any atom is -0.0527 e. The van der Waals surface area contributed by atoms with Crippen LogP contribution in [0, 0.1) is 22.7 Å². The maximum absolute atomic E-state index is 1.60. The largest absolute Gasteiger partial charge is 0.0527 e. The molecule has 4 aliphatic carbocycles. The molecule has 0 nitrogen and oxygen atoms in total. The van der Waals surface area contributed by atoms with E-state index in [2.05, 4.69) is 0 Å². The van der Waals surface area contributed by atoms with Crippen LogP contribution in [0.2, 0.25) is 0 Å². The van der Waals surface area contributed by atoms with E-state index in [1.165, 1.54) is 11.8 Å². The Hall–Kier alpha value is 0. The molecule has 4 rings (SSSR count). The van der Waals surface area contributed by atoms with Crippen LogP contribution in [0.5, 0.6) is 0 Å². The Bertz CT molecular complexity index is 248. The summed E-state index contributed by atoms with van der Waals surface area (Å²) in [5.41, 5.74) is 1.78. The molecule has 4 saturated carbocycles. The van der Waals surface area contributed by atoms with E-state index in [-0.39, 0.29) is 0 Å². The molecule has 0 aromatic heterocycles. The Morgan fingerprint density at radius 2 is 0.875 bits per heavy atom. The van der Waals surface area contributed by atoms with Gasteiger partial charge in [-0.05, 0) is 74.0 Å². The van der Waals surface area contributed by atoms with Gasteiger partial charge in [0.05, 0.1) is 0 Å². The van der Waals surface area contributed by atoms with Crippen LogP contribution in [0.15, 0.2) is 0 Å². The number of hydrogen-bond acceptors (Lipinski definition) is 0. The Morgan fingerprint density at radius 1 is 0.500 bits per heavy atom. The van der Waals surface area contributed by atoms with Crippen molar-refractivity contribution in [2.45, 2.75) is 77.0 Å². The summed E-state index contributed by atoms with van der Waals surface area (Å²) in [6, 6.07) is 0. The molecule has 4 aliphatic rings. The van der Waals surface area contributed by atoms with Gasteiger partial charge in [-0.3, -0.25) is 0 Å². The first kappa shape index (κ1) is 9.97. The van der Waals surface area contributed by atoms with Gasteiger partial charge >= 0.3 is 0 Å². The zero-order valence-electron chi connectivity index (χ0n) is 10.6. The molecule has 4 fully saturated rings. The molecule has 2 atom stereocenters. The Morgan fingerprint density at radius 3 is 1.12 bits per heavy atom. The smallest absolute Gasteiger partial charge is 0.0266 e. The van der Waals surface area contributed by atoms with Crippen molar-refractivity contribution in [3.05, 3.63) is 0 Å². The first-order chi connectivity index (χ1) is 7.85. The maximum atomic E-state index is 1.60. The van der Waals surface area contributed by atoms with Gasteiger partial charge < -0.3 is 0 Å². The van der Waals surface area contributed by atoms with E-state index in [1.54, 1.807) is 77.0 Å². The van der Waals surface area contributed by atoms with Gasteiger partial charge in [-0.1, -0.05) is 25.7 Å². The summed E-state index contributed by atoms with van der Waals surface area (Å²) in [6.45, 7) is 0. The highest BCUT2D eigenvalue weighted by Crippen LogP contribution is 2.69. The molecule has 90 valence electrons. The van der Waals surface area contributed by atoms with Crippen molar-refractivity contribution in [1.29, 1.82) is 0 Å². The van der Waals surface area contributed by atoms with Crippen LogP contribution in [0.1, 0.15) is 77.0 Å². The predicted molar refractivity (Wildman–Crippen MR) is 67.3 cm³/mol. The summed E-state index contributed by atoms with van der Waals surface area (Å²) >= 11 is 0. The lowest BCUT2D eigenvalue weighted by molar-refractivity contribution is -0.113. The normalized spacial score (nSPS) is 43.5. The molecule has 2 unspecified atom stereocenters. The Balaban J connectivity index is 1.54. The van der Waals surface area contributed by atoms with Crippen molar-refractivity contribution < 1.29 is 0 Å². The molecule has 0 amide bonds. The van der Waals surface area contributed by atoms with E-state index < -0.39 is 0 Å². The minimum atomic E-state index is 0.890. The van der Waals surface area contributed by atoms with Gasteiger partial charge in [0.1, 0.15) is 0 Å². The van der Waals surface area contributed by atoms with Crippen LogP contribution in [-0.4, -0.2) is 0 Å². The molecule has 16 heavy (non-hydrogen) atoms. The lowest BCUT2D eigenvalue weighted by atomic mass is 9.44. The van der Waals surface area contributed by atoms with Crippen molar-refractivity contribution in [2.75, 3.05) is 0 Å². The van der Waals surface area contributed by atoms with Crippen LogP contribution in [-0.2, 0) is 0 Å². The van der Waals surface area contributed by atoms with Crippen LogP contribution >= 0.6 is 0 Å². The maximum Gasteiger partial charge on any atom is -0.0266 e. The van der Waals surface area contributed by atoms with E-state index >= 15 is 0 Å². The topological polar surface area (TPSA) is 0 Å². The van der Waals surface area contributed by atoms with Gasteiger partial charge in [0.2, 0.25) is 0 Å². The van der Waals surface area contributed by atoms with Crippen molar-refractivity contribution >= 4 is 0 Å². The minimum absolute atomic E-state index is 0.890. The second kappa shape index (κ2) is 3.27. The fourth-order valence-corrected chi connectivity index (χ4v) is 6.09. The molecule has 0 radical (unpaired) electrons. The van der Waals surface area contributed by atoms with E-state index in [1.807, 2.05) is 0 Å². The van der Waals surface area contributed by atoms with Crippen LogP contribution < -0.4 is 0 Å². The molecule has 0 aromatic rings. The van der Waals surface area contributed by atoms with Crippen molar-refractivity contribution in [3.63, 3.8) is 0 Å². The molecule has 0 aliphatic heterocycles. The second-order valence-corrected chi connectivity index (χ2v) is 7.43. The fourth-order valence-electron chi connectivity index (χ4n) is 6.09. The quantitative estimate of drug-likeness (QED) is 0.585. The second-order valence-electron chi connectivity index (χ2n) is 7.43. The third-order valence-electron chi connectivity index (χ3n) is 7.16.